The molecule has 0 bridgehead atoms. The lowest BCUT2D eigenvalue weighted by Gasteiger charge is -2.13. The molecule has 23 heavy (non-hydrogen) atoms. The Balaban J connectivity index is 1.72. The van der Waals surface area contributed by atoms with Crippen LogP contribution in [0.25, 0.3) is 0 Å². The van der Waals surface area contributed by atoms with Crippen molar-refractivity contribution < 1.29 is 14.3 Å². The number of hydrogen-bond donors (Lipinski definition) is 1. The van der Waals surface area contributed by atoms with Gasteiger partial charge < -0.3 is 10.1 Å². The van der Waals surface area contributed by atoms with E-state index in [2.05, 4.69) is 5.32 Å². The monoisotopic (exact) mass is 310 g/mol. The van der Waals surface area contributed by atoms with E-state index >= 15 is 0 Å². The number of para-hydroxylation sites is 1. The van der Waals surface area contributed by atoms with Crippen LogP contribution in [-0.2, 0) is 11.2 Å². The predicted molar refractivity (Wildman–Crippen MR) is 87.6 cm³/mol. The first-order valence-electron chi connectivity index (χ1n) is 7.60. The van der Waals surface area contributed by atoms with Crippen LogP contribution in [0.5, 0.6) is 5.75 Å². The van der Waals surface area contributed by atoms with Gasteiger partial charge in [-0.25, -0.2) is 9.69 Å². The van der Waals surface area contributed by atoms with Crippen molar-refractivity contribution in [3.8, 4) is 5.75 Å². The Bertz CT molecular complexity index is 698. The number of amides is 3. The maximum absolute atomic E-state index is 12.5. The van der Waals surface area contributed by atoms with E-state index in [1.165, 1.54) is 4.90 Å². The minimum atomic E-state index is -0.541. The van der Waals surface area contributed by atoms with Crippen molar-refractivity contribution in [1.82, 2.24) is 5.32 Å². The van der Waals surface area contributed by atoms with E-state index in [0.717, 1.165) is 11.3 Å². The summed E-state index contributed by atoms with van der Waals surface area (Å²) in [5, 5.41) is 2.75. The van der Waals surface area contributed by atoms with E-state index in [0.29, 0.717) is 18.7 Å². The van der Waals surface area contributed by atoms with Crippen LogP contribution in [0.15, 0.2) is 54.6 Å². The smallest absolute Gasteiger partial charge is 0.329 e. The summed E-state index contributed by atoms with van der Waals surface area (Å²) in [6.07, 6.45) is 0.459. The van der Waals surface area contributed by atoms with Gasteiger partial charge in [0, 0.05) is 6.42 Å². The molecule has 0 spiro atoms. The minimum absolute atomic E-state index is 0.227. The molecule has 5 nitrogen and oxygen atoms in total. The zero-order valence-corrected chi connectivity index (χ0v) is 12.9. The van der Waals surface area contributed by atoms with Crippen molar-refractivity contribution in [2.24, 2.45) is 0 Å². The summed E-state index contributed by atoms with van der Waals surface area (Å²) in [6, 6.07) is 15.6. The van der Waals surface area contributed by atoms with Crippen molar-refractivity contribution in [3.05, 3.63) is 60.2 Å². The molecule has 2 aromatic rings. The number of nitrogens with one attached hydrogen (secondary N) is 1. The highest BCUT2D eigenvalue weighted by Gasteiger charge is 2.38. The number of imide groups is 1. The topological polar surface area (TPSA) is 58.6 Å². The molecule has 0 aromatic heterocycles. The van der Waals surface area contributed by atoms with Gasteiger partial charge in [-0.05, 0) is 36.8 Å². The van der Waals surface area contributed by atoms with Gasteiger partial charge in [0.05, 0.1) is 12.3 Å². The van der Waals surface area contributed by atoms with E-state index in [9.17, 15) is 9.59 Å². The SMILES string of the molecule is CCOc1ccc(C[C@@H]2NC(=O)N(c3ccccc3)C2=O)cc1. The lowest BCUT2D eigenvalue weighted by atomic mass is 10.1. The average molecular weight is 310 g/mol. The van der Waals surface area contributed by atoms with Crippen LogP contribution in [0.1, 0.15) is 12.5 Å². The first-order chi connectivity index (χ1) is 11.2. The molecule has 1 fully saturated rings. The Morgan fingerprint density at radius 2 is 1.74 bits per heavy atom. The van der Waals surface area contributed by atoms with Crippen LogP contribution in [-0.4, -0.2) is 24.6 Å². The Kier molecular flexibility index (Phi) is 4.28. The van der Waals surface area contributed by atoms with E-state index in [4.69, 9.17) is 4.74 Å². The molecular formula is C18H18N2O3. The second-order valence-electron chi connectivity index (χ2n) is 5.29. The van der Waals surface area contributed by atoms with Crippen LogP contribution in [0.3, 0.4) is 0 Å². The number of carbonyl (C=O) groups excluding carboxylic acids is 2. The summed E-state index contributed by atoms with van der Waals surface area (Å²) in [7, 11) is 0. The summed E-state index contributed by atoms with van der Waals surface area (Å²) in [6.45, 7) is 2.54. The van der Waals surface area contributed by atoms with E-state index in [-0.39, 0.29) is 11.9 Å². The maximum atomic E-state index is 12.5. The van der Waals surface area contributed by atoms with Gasteiger partial charge in [0.1, 0.15) is 11.8 Å². The fourth-order valence-electron chi connectivity index (χ4n) is 2.62. The molecule has 3 amide bonds. The Morgan fingerprint density at radius 1 is 1.04 bits per heavy atom. The van der Waals surface area contributed by atoms with E-state index in [1.54, 1.807) is 24.3 Å². The van der Waals surface area contributed by atoms with Crippen molar-refractivity contribution in [3.63, 3.8) is 0 Å². The highest BCUT2D eigenvalue weighted by molar-refractivity contribution is 6.21. The van der Waals surface area contributed by atoms with Crippen LogP contribution in [0.2, 0.25) is 0 Å². The number of hydrogen-bond acceptors (Lipinski definition) is 3. The summed E-state index contributed by atoms with van der Waals surface area (Å²) in [4.78, 5) is 25.8. The molecule has 0 radical (unpaired) electrons. The van der Waals surface area contributed by atoms with Crippen molar-refractivity contribution >= 4 is 17.6 Å². The highest BCUT2D eigenvalue weighted by atomic mass is 16.5. The molecule has 118 valence electrons. The molecule has 1 saturated heterocycles. The van der Waals surface area contributed by atoms with Crippen molar-refractivity contribution in [2.75, 3.05) is 11.5 Å². The zero-order valence-electron chi connectivity index (χ0n) is 12.9. The molecule has 0 aliphatic carbocycles. The number of urea groups is 1. The molecule has 1 aliphatic rings. The molecule has 1 heterocycles. The summed E-state index contributed by atoms with van der Waals surface area (Å²) < 4.78 is 5.40. The quantitative estimate of drug-likeness (QED) is 0.864. The molecule has 0 unspecified atom stereocenters. The molecule has 1 aliphatic heterocycles. The number of ether oxygens (including phenoxy) is 1. The van der Waals surface area contributed by atoms with Crippen molar-refractivity contribution in [1.29, 1.82) is 0 Å². The van der Waals surface area contributed by atoms with Gasteiger partial charge in [-0.1, -0.05) is 30.3 Å². The Morgan fingerprint density at radius 3 is 2.39 bits per heavy atom. The van der Waals surface area contributed by atoms with Gasteiger partial charge in [0.2, 0.25) is 0 Å². The second kappa shape index (κ2) is 6.52. The fraction of sp³-hybridized carbons (Fsp3) is 0.222. The van der Waals surface area contributed by atoms with Crippen LogP contribution in [0.4, 0.5) is 10.5 Å². The van der Waals surface area contributed by atoms with Crippen LogP contribution in [0, 0.1) is 0 Å². The highest BCUT2D eigenvalue weighted by Crippen LogP contribution is 2.21. The summed E-state index contributed by atoms with van der Waals surface area (Å²) in [5.41, 5.74) is 1.56. The molecule has 2 aromatic carbocycles. The average Bonchev–Trinajstić information content (AvgIpc) is 2.84. The van der Waals surface area contributed by atoms with Gasteiger partial charge in [0.25, 0.3) is 5.91 Å². The van der Waals surface area contributed by atoms with Gasteiger partial charge in [-0.15, -0.1) is 0 Å². The summed E-state index contributed by atoms with van der Waals surface area (Å²) >= 11 is 0. The van der Waals surface area contributed by atoms with Gasteiger partial charge in [-0.2, -0.15) is 0 Å². The van der Waals surface area contributed by atoms with Gasteiger partial charge in [-0.3, -0.25) is 4.79 Å². The predicted octanol–water partition coefficient (Wildman–Crippen LogP) is 2.75. The van der Waals surface area contributed by atoms with E-state index < -0.39 is 6.04 Å². The maximum Gasteiger partial charge on any atom is 0.329 e. The Labute approximate surface area is 134 Å². The molecule has 3 rings (SSSR count). The van der Waals surface area contributed by atoms with E-state index in [1.807, 2.05) is 37.3 Å². The number of benzene rings is 2. The summed E-state index contributed by atoms with van der Waals surface area (Å²) in [5.74, 6) is 0.569. The third-order valence-corrected chi connectivity index (χ3v) is 3.71. The number of nitrogens with zero attached hydrogens (tertiary/aromatic N) is 1. The molecule has 1 atom stereocenters. The molecule has 5 heteroatoms. The Hall–Kier alpha value is -2.82. The zero-order chi connectivity index (χ0) is 16.2. The lowest BCUT2D eigenvalue weighted by Crippen LogP contribution is -2.32. The minimum Gasteiger partial charge on any atom is -0.494 e. The number of anilines is 1. The first-order valence-corrected chi connectivity index (χ1v) is 7.60. The largest absolute Gasteiger partial charge is 0.494 e. The standard InChI is InChI=1S/C18H18N2O3/c1-2-23-15-10-8-13(9-11-15)12-16-17(21)20(18(22)19-16)14-6-4-3-5-7-14/h3-11,16H,2,12H2,1H3,(H,19,22)/t16-/m0/s1. The third-order valence-electron chi connectivity index (χ3n) is 3.71. The third kappa shape index (κ3) is 3.18. The lowest BCUT2D eigenvalue weighted by molar-refractivity contribution is -0.118. The normalized spacial score (nSPS) is 17.3. The molecule has 0 saturated carbocycles. The fourth-order valence-corrected chi connectivity index (χ4v) is 2.62. The molecular weight excluding hydrogens is 292 g/mol. The van der Waals surface area contributed by atoms with Crippen molar-refractivity contribution in [2.45, 2.75) is 19.4 Å². The number of carbonyl (C=O) groups is 2. The van der Waals surface area contributed by atoms with Crippen LogP contribution < -0.4 is 15.0 Å². The second-order valence-corrected chi connectivity index (χ2v) is 5.29. The van der Waals surface area contributed by atoms with Crippen LogP contribution >= 0.6 is 0 Å². The molecule has 1 N–H and O–H groups in total. The number of rotatable bonds is 5. The van der Waals surface area contributed by atoms with Gasteiger partial charge in [0.15, 0.2) is 0 Å². The first kappa shape index (κ1) is 15.1. The van der Waals surface area contributed by atoms with Gasteiger partial charge >= 0.3 is 6.03 Å².